The molecule has 0 aliphatic carbocycles. The van der Waals surface area contributed by atoms with Crippen molar-refractivity contribution in [1.82, 2.24) is 14.6 Å². The van der Waals surface area contributed by atoms with Gasteiger partial charge in [0.2, 0.25) is 0 Å². The number of anilines is 2. The number of aromatic carboxylic acids is 1. The van der Waals surface area contributed by atoms with E-state index in [0.29, 0.717) is 22.6 Å². The van der Waals surface area contributed by atoms with E-state index in [2.05, 4.69) is 15.4 Å². The van der Waals surface area contributed by atoms with Crippen molar-refractivity contribution in [2.24, 2.45) is 0 Å². The summed E-state index contributed by atoms with van der Waals surface area (Å²) in [6.07, 6.45) is 2.78. The molecule has 2 heterocycles. The van der Waals surface area contributed by atoms with Crippen LogP contribution in [0.2, 0.25) is 0 Å². The molecule has 0 amide bonds. The minimum absolute atomic E-state index is 0.128. The average Bonchev–Trinajstić information content (AvgIpc) is 2.77. The molecule has 106 valence electrons. The zero-order valence-corrected chi connectivity index (χ0v) is 11.1. The maximum Gasteiger partial charge on any atom is 0.337 e. The SMILES string of the molecule is Cc1c(C(=O)O)cn2ncnc(Nc3cccc(O)c3)c12. The maximum atomic E-state index is 11.2. The van der Waals surface area contributed by atoms with Crippen LogP contribution in [0, 0.1) is 6.92 Å². The zero-order chi connectivity index (χ0) is 15.0. The van der Waals surface area contributed by atoms with Crippen LogP contribution in [-0.4, -0.2) is 30.8 Å². The van der Waals surface area contributed by atoms with Gasteiger partial charge in [-0.15, -0.1) is 0 Å². The van der Waals surface area contributed by atoms with Crippen LogP contribution in [0.25, 0.3) is 5.52 Å². The van der Waals surface area contributed by atoms with Crippen LogP contribution in [-0.2, 0) is 0 Å². The summed E-state index contributed by atoms with van der Waals surface area (Å²) in [5.41, 5.74) is 1.98. The van der Waals surface area contributed by atoms with E-state index in [1.165, 1.54) is 17.0 Å². The van der Waals surface area contributed by atoms with Crippen LogP contribution in [0.15, 0.2) is 36.8 Å². The van der Waals surface area contributed by atoms with Gasteiger partial charge in [-0.1, -0.05) is 6.07 Å². The second kappa shape index (κ2) is 4.78. The number of hydrogen-bond acceptors (Lipinski definition) is 5. The molecule has 0 fully saturated rings. The highest BCUT2D eigenvalue weighted by atomic mass is 16.4. The molecule has 0 aliphatic rings. The Morgan fingerprint density at radius 2 is 2.19 bits per heavy atom. The number of nitrogens with one attached hydrogen (secondary N) is 1. The molecule has 0 saturated heterocycles. The number of aromatic hydroxyl groups is 1. The van der Waals surface area contributed by atoms with Gasteiger partial charge in [0.1, 0.15) is 17.6 Å². The van der Waals surface area contributed by atoms with Crippen molar-refractivity contribution in [2.45, 2.75) is 6.92 Å². The number of fused-ring (bicyclic) bond motifs is 1. The van der Waals surface area contributed by atoms with Crippen LogP contribution in [0.4, 0.5) is 11.5 Å². The Hall–Kier alpha value is -3.09. The van der Waals surface area contributed by atoms with E-state index in [1.54, 1.807) is 31.2 Å². The third kappa shape index (κ3) is 2.25. The van der Waals surface area contributed by atoms with Crippen LogP contribution in [0.1, 0.15) is 15.9 Å². The molecule has 1 aromatic carbocycles. The van der Waals surface area contributed by atoms with E-state index in [1.807, 2.05) is 0 Å². The Morgan fingerprint density at radius 1 is 1.38 bits per heavy atom. The number of carboxylic acids is 1. The smallest absolute Gasteiger partial charge is 0.337 e. The van der Waals surface area contributed by atoms with Crippen LogP contribution in [0.5, 0.6) is 5.75 Å². The first-order chi connectivity index (χ1) is 10.1. The summed E-state index contributed by atoms with van der Waals surface area (Å²) in [6, 6.07) is 6.58. The predicted octanol–water partition coefficient (Wildman–Crippen LogP) is 2.19. The summed E-state index contributed by atoms with van der Waals surface area (Å²) >= 11 is 0. The summed E-state index contributed by atoms with van der Waals surface area (Å²) in [4.78, 5) is 15.3. The number of aryl methyl sites for hydroxylation is 1. The highest BCUT2D eigenvalue weighted by Crippen LogP contribution is 2.26. The summed E-state index contributed by atoms with van der Waals surface area (Å²) in [5.74, 6) is -0.412. The summed E-state index contributed by atoms with van der Waals surface area (Å²) < 4.78 is 1.47. The van der Waals surface area contributed by atoms with Crippen molar-refractivity contribution in [1.29, 1.82) is 0 Å². The Labute approximate surface area is 119 Å². The lowest BCUT2D eigenvalue weighted by Crippen LogP contribution is -2.00. The molecule has 7 heteroatoms. The van der Waals surface area contributed by atoms with Gasteiger partial charge in [-0.3, -0.25) is 0 Å². The number of aromatic nitrogens is 3. The van der Waals surface area contributed by atoms with E-state index in [0.717, 1.165) is 0 Å². The Kier molecular flexibility index (Phi) is 2.94. The lowest BCUT2D eigenvalue weighted by Gasteiger charge is -2.08. The minimum Gasteiger partial charge on any atom is -0.508 e. The number of hydrogen-bond donors (Lipinski definition) is 3. The van der Waals surface area contributed by atoms with Gasteiger partial charge in [0, 0.05) is 18.0 Å². The van der Waals surface area contributed by atoms with Crippen LogP contribution >= 0.6 is 0 Å². The second-order valence-corrected chi connectivity index (χ2v) is 4.55. The molecular weight excluding hydrogens is 272 g/mol. The minimum atomic E-state index is -1.01. The van der Waals surface area contributed by atoms with Gasteiger partial charge in [0.05, 0.1) is 5.56 Å². The highest BCUT2D eigenvalue weighted by Gasteiger charge is 2.17. The van der Waals surface area contributed by atoms with Crippen LogP contribution in [0.3, 0.4) is 0 Å². The van der Waals surface area contributed by atoms with E-state index < -0.39 is 5.97 Å². The van der Waals surface area contributed by atoms with Gasteiger partial charge in [0.25, 0.3) is 0 Å². The Balaban J connectivity index is 2.12. The van der Waals surface area contributed by atoms with Crippen molar-refractivity contribution in [3.05, 3.63) is 47.9 Å². The third-order valence-electron chi connectivity index (χ3n) is 3.17. The highest BCUT2D eigenvalue weighted by molar-refractivity contribution is 5.94. The summed E-state index contributed by atoms with van der Waals surface area (Å²) in [7, 11) is 0. The molecule has 21 heavy (non-hydrogen) atoms. The first-order valence-electron chi connectivity index (χ1n) is 6.18. The van der Waals surface area contributed by atoms with E-state index >= 15 is 0 Å². The van der Waals surface area contributed by atoms with Gasteiger partial charge >= 0.3 is 5.97 Å². The van der Waals surface area contributed by atoms with E-state index in [-0.39, 0.29) is 11.3 Å². The van der Waals surface area contributed by atoms with Gasteiger partial charge in [-0.2, -0.15) is 5.10 Å². The molecule has 0 aliphatic heterocycles. The number of carbonyl (C=O) groups is 1. The Morgan fingerprint density at radius 3 is 2.90 bits per heavy atom. The molecule has 0 spiro atoms. The summed E-state index contributed by atoms with van der Waals surface area (Å²) in [5, 5.41) is 25.7. The Bertz CT molecular complexity index is 841. The van der Waals surface area contributed by atoms with Gasteiger partial charge in [0.15, 0.2) is 5.82 Å². The fourth-order valence-corrected chi connectivity index (χ4v) is 2.19. The van der Waals surface area contributed by atoms with E-state index in [9.17, 15) is 9.90 Å². The largest absolute Gasteiger partial charge is 0.508 e. The molecule has 3 rings (SSSR count). The maximum absolute atomic E-state index is 11.2. The van der Waals surface area contributed by atoms with Gasteiger partial charge < -0.3 is 15.5 Å². The first-order valence-corrected chi connectivity index (χ1v) is 6.18. The number of phenols is 1. The van der Waals surface area contributed by atoms with Gasteiger partial charge in [-0.05, 0) is 24.6 Å². The monoisotopic (exact) mass is 284 g/mol. The number of carboxylic acid groups (broad SMARTS) is 1. The molecule has 2 aromatic heterocycles. The normalized spacial score (nSPS) is 10.7. The van der Waals surface area contributed by atoms with Crippen molar-refractivity contribution in [3.63, 3.8) is 0 Å². The lowest BCUT2D eigenvalue weighted by atomic mass is 10.2. The zero-order valence-electron chi connectivity index (χ0n) is 11.1. The first kappa shape index (κ1) is 12.9. The van der Waals surface area contributed by atoms with E-state index in [4.69, 9.17) is 5.11 Å². The fourth-order valence-electron chi connectivity index (χ4n) is 2.19. The molecule has 0 atom stereocenters. The standard InChI is InChI=1S/C14H12N4O3/c1-8-11(14(20)21)6-18-12(8)13(15-7-16-18)17-9-3-2-4-10(19)5-9/h2-7,19H,1H3,(H,20,21)(H,15,16,17). The molecule has 0 saturated carbocycles. The third-order valence-corrected chi connectivity index (χ3v) is 3.17. The quantitative estimate of drug-likeness (QED) is 0.681. The number of benzene rings is 1. The molecule has 3 aromatic rings. The number of rotatable bonds is 3. The van der Waals surface area contributed by atoms with Crippen molar-refractivity contribution in [3.8, 4) is 5.75 Å². The molecule has 7 nitrogen and oxygen atoms in total. The molecule has 0 bridgehead atoms. The van der Waals surface area contributed by atoms with Crippen LogP contribution < -0.4 is 5.32 Å². The average molecular weight is 284 g/mol. The van der Waals surface area contributed by atoms with Crippen molar-refractivity contribution >= 4 is 23.0 Å². The van der Waals surface area contributed by atoms with Gasteiger partial charge in [-0.25, -0.2) is 14.3 Å². The molecule has 3 N–H and O–H groups in total. The second-order valence-electron chi connectivity index (χ2n) is 4.55. The topological polar surface area (TPSA) is 99.8 Å². The molecule has 0 radical (unpaired) electrons. The molecular formula is C14H12N4O3. The fraction of sp³-hybridized carbons (Fsp3) is 0.0714. The number of nitrogens with zero attached hydrogens (tertiary/aromatic N) is 3. The van der Waals surface area contributed by atoms with Crippen molar-refractivity contribution < 1.29 is 15.0 Å². The predicted molar refractivity (Wildman–Crippen MR) is 76.1 cm³/mol. The molecule has 0 unspecified atom stereocenters. The lowest BCUT2D eigenvalue weighted by molar-refractivity contribution is 0.0696. The number of phenolic OH excluding ortho intramolecular Hbond substituents is 1. The van der Waals surface area contributed by atoms with Crippen molar-refractivity contribution in [2.75, 3.05) is 5.32 Å². The summed E-state index contributed by atoms with van der Waals surface area (Å²) in [6.45, 7) is 1.70.